The first-order valence-corrected chi connectivity index (χ1v) is 8.58. The average Bonchev–Trinajstić information content (AvgIpc) is 2.70. The third-order valence-corrected chi connectivity index (χ3v) is 5.35. The minimum Gasteiger partial charge on any atom is -0.490 e. The van der Waals surface area contributed by atoms with E-state index in [0.29, 0.717) is 6.10 Å². The fourth-order valence-electron chi connectivity index (χ4n) is 3.01. The highest BCUT2D eigenvalue weighted by molar-refractivity contribution is 6.62. The molecule has 4 nitrogen and oxygen atoms in total. The molecule has 5 heteroatoms. The normalized spacial score (nSPS) is 24.8. The van der Waals surface area contributed by atoms with E-state index in [0.717, 1.165) is 37.1 Å². The Bertz CT molecular complexity index is 537. The van der Waals surface area contributed by atoms with Crippen molar-refractivity contribution in [1.29, 1.82) is 0 Å². The maximum atomic E-state index is 6.17. The first-order chi connectivity index (χ1) is 10.8. The topological polar surface area (TPSA) is 30.9 Å². The Kier molecular flexibility index (Phi) is 4.47. The molecule has 0 bridgehead atoms. The number of benzene rings is 1. The number of ether oxygens (including phenoxy) is 1. The third kappa shape index (κ3) is 3.57. The molecule has 0 unspecified atom stereocenters. The third-order valence-electron chi connectivity index (χ3n) is 5.35. The molecular weight excluding hydrogens is 289 g/mol. The van der Waals surface area contributed by atoms with E-state index in [1.807, 2.05) is 18.2 Å². The van der Waals surface area contributed by atoms with Gasteiger partial charge in [-0.2, -0.15) is 0 Å². The van der Waals surface area contributed by atoms with Crippen LogP contribution in [-0.4, -0.2) is 49.5 Å². The zero-order valence-corrected chi connectivity index (χ0v) is 15.0. The van der Waals surface area contributed by atoms with Crippen LogP contribution in [0.2, 0.25) is 0 Å². The molecule has 2 heterocycles. The molecule has 0 radical (unpaired) electrons. The summed E-state index contributed by atoms with van der Waals surface area (Å²) < 4.78 is 18.4. The molecule has 0 spiro atoms. The first kappa shape index (κ1) is 16.8. The van der Waals surface area contributed by atoms with E-state index >= 15 is 0 Å². The first-order valence-electron chi connectivity index (χ1n) is 8.58. The van der Waals surface area contributed by atoms with Crippen molar-refractivity contribution in [1.82, 2.24) is 4.90 Å². The van der Waals surface area contributed by atoms with Gasteiger partial charge in [0.1, 0.15) is 11.9 Å². The van der Waals surface area contributed by atoms with Crippen LogP contribution >= 0.6 is 0 Å². The Morgan fingerprint density at radius 3 is 2.30 bits per heavy atom. The van der Waals surface area contributed by atoms with Crippen LogP contribution in [0.5, 0.6) is 5.75 Å². The molecule has 2 aliphatic rings. The fourth-order valence-corrected chi connectivity index (χ4v) is 3.01. The van der Waals surface area contributed by atoms with Gasteiger partial charge in [-0.05, 0) is 65.2 Å². The van der Waals surface area contributed by atoms with Gasteiger partial charge in [0.2, 0.25) is 0 Å². The van der Waals surface area contributed by atoms with E-state index in [2.05, 4.69) is 45.7 Å². The second kappa shape index (κ2) is 6.12. The molecular formula is C18H28BNO3. The van der Waals surface area contributed by atoms with Crippen LogP contribution in [0.15, 0.2) is 24.3 Å². The van der Waals surface area contributed by atoms with E-state index in [-0.39, 0.29) is 18.3 Å². The van der Waals surface area contributed by atoms with Crippen molar-refractivity contribution in [2.24, 2.45) is 0 Å². The van der Waals surface area contributed by atoms with Gasteiger partial charge in [0, 0.05) is 13.1 Å². The van der Waals surface area contributed by atoms with Gasteiger partial charge in [0.15, 0.2) is 0 Å². The summed E-state index contributed by atoms with van der Waals surface area (Å²) >= 11 is 0. The van der Waals surface area contributed by atoms with Gasteiger partial charge in [-0.3, -0.25) is 0 Å². The summed E-state index contributed by atoms with van der Waals surface area (Å²) in [6.45, 7) is 10.5. The summed E-state index contributed by atoms with van der Waals surface area (Å²) in [4.78, 5) is 2.35. The van der Waals surface area contributed by atoms with Crippen LogP contribution in [-0.2, 0) is 9.31 Å². The summed E-state index contributed by atoms with van der Waals surface area (Å²) in [6, 6.07) is 8.14. The van der Waals surface area contributed by atoms with Crippen molar-refractivity contribution in [2.45, 2.75) is 57.8 Å². The molecule has 2 saturated heterocycles. The van der Waals surface area contributed by atoms with E-state index in [9.17, 15) is 0 Å². The molecule has 3 rings (SSSR count). The molecule has 126 valence electrons. The molecule has 0 aromatic heterocycles. The molecule has 2 aliphatic heterocycles. The van der Waals surface area contributed by atoms with Crippen LogP contribution in [0, 0.1) is 0 Å². The van der Waals surface area contributed by atoms with E-state index in [1.54, 1.807) is 0 Å². The van der Waals surface area contributed by atoms with Crippen LogP contribution in [0.25, 0.3) is 0 Å². The largest absolute Gasteiger partial charge is 0.494 e. The quantitative estimate of drug-likeness (QED) is 0.802. The van der Waals surface area contributed by atoms with Crippen molar-refractivity contribution in [3.8, 4) is 5.75 Å². The van der Waals surface area contributed by atoms with Gasteiger partial charge in [0.05, 0.1) is 11.2 Å². The summed E-state index contributed by atoms with van der Waals surface area (Å²) in [5.74, 6) is 0.909. The van der Waals surface area contributed by atoms with E-state index < -0.39 is 0 Å². The minimum absolute atomic E-state index is 0.305. The van der Waals surface area contributed by atoms with Crippen LogP contribution in [0.4, 0.5) is 0 Å². The van der Waals surface area contributed by atoms with Gasteiger partial charge < -0.3 is 18.9 Å². The summed E-state index contributed by atoms with van der Waals surface area (Å²) in [5, 5.41) is 0. The summed E-state index contributed by atoms with van der Waals surface area (Å²) in [7, 11) is 1.83. The number of hydrogen-bond donors (Lipinski definition) is 0. The molecule has 0 aliphatic carbocycles. The number of piperidine rings is 1. The molecule has 2 fully saturated rings. The lowest BCUT2D eigenvalue weighted by Gasteiger charge is -2.32. The summed E-state index contributed by atoms with van der Waals surface area (Å²) in [6.07, 6.45) is 2.47. The highest BCUT2D eigenvalue weighted by Crippen LogP contribution is 2.36. The Hall–Kier alpha value is -1.04. The molecule has 0 amide bonds. The lowest BCUT2D eigenvalue weighted by Crippen LogP contribution is -2.41. The zero-order valence-electron chi connectivity index (χ0n) is 15.0. The number of rotatable bonds is 3. The highest BCUT2D eigenvalue weighted by Gasteiger charge is 2.51. The van der Waals surface area contributed by atoms with Crippen molar-refractivity contribution < 1.29 is 14.0 Å². The molecule has 23 heavy (non-hydrogen) atoms. The van der Waals surface area contributed by atoms with Crippen molar-refractivity contribution >= 4 is 12.6 Å². The van der Waals surface area contributed by atoms with E-state index in [4.69, 9.17) is 14.0 Å². The maximum Gasteiger partial charge on any atom is 0.494 e. The average molecular weight is 317 g/mol. The number of nitrogens with zero attached hydrogens (tertiary/aromatic N) is 1. The zero-order chi connectivity index (χ0) is 16.7. The second-order valence-electron chi connectivity index (χ2n) is 7.78. The van der Waals surface area contributed by atoms with Gasteiger partial charge in [-0.1, -0.05) is 12.1 Å². The Morgan fingerprint density at radius 2 is 1.70 bits per heavy atom. The van der Waals surface area contributed by atoms with E-state index in [1.165, 1.54) is 0 Å². The lowest BCUT2D eigenvalue weighted by atomic mass is 9.79. The fraction of sp³-hybridized carbons (Fsp3) is 0.667. The lowest BCUT2D eigenvalue weighted by molar-refractivity contribution is 0.00578. The number of likely N-dealkylation sites (tertiary alicyclic amines) is 1. The number of hydrogen-bond acceptors (Lipinski definition) is 4. The maximum absolute atomic E-state index is 6.17. The molecule has 1 aromatic rings. The van der Waals surface area contributed by atoms with Crippen molar-refractivity contribution in [2.75, 3.05) is 20.1 Å². The molecule has 1 aromatic carbocycles. The van der Waals surface area contributed by atoms with Crippen LogP contribution in [0.3, 0.4) is 0 Å². The van der Waals surface area contributed by atoms with Gasteiger partial charge >= 0.3 is 7.12 Å². The molecule has 0 N–H and O–H groups in total. The molecule has 0 atom stereocenters. The monoisotopic (exact) mass is 317 g/mol. The SMILES string of the molecule is CN1CCC(Oc2cccc(B3OC(C)(C)C(C)(C)O3)c2)CC1. The minimum atomic E-state index is -0.332. The second-order valence-corrected chi connectivity index (χ2v) is 7.78. The summed E-state index contributed by atoms with van der Waals surface area (Å²) in [5.41, 5.74) is 0.388. The Balaban J connectivity index is 1.69. The van der Waals surface area contributed by atoms with Gasteiger partial charge in [-0.15, -0.1) is 0 Å². The van der Waals surface area contributed by atoms with Gasteiger partial charge in [0.25, 0.3) is 0 Å². The highest BCUT2D eigenvalue weighted by atomic mass is 16.7. The Morgan fingerprint density at radius 1 is 1.09 bits per heavy atom. The van der Waals surface area contributed by atoms with Gasteiger partial charge in [-0.25, -0.2) is 0 Å². The molecule has 0 saturated carbocycles. The predicted molar refractivity (Wildman–Crippen MR) is 93.3 cm³/mol. The predicted octanol–water partition coefficient (Wildman–Crippen LogP) is 2.46. The van der Waals surface area contributed by atoms with Crippen LogP contribution < -0.4 is 10.2 Å². The standard InChI is InChI=1S/C18H28BNO3/c1-17(2)18(3,4)23-19(22-17)14-7-6-8-16(13-14)21-15-9-11-20(5)12-10-15/h6-8,13,15H,9-12H2,1-5H3. The van der Waals surface area contributed by atoms with Crippen molar-refractivity contribution in [3.05, 3.63) is 24.3 Å². The Labute approximate surface area is 140 Å². The van der Waals surface area contributed by atoms with Crippen molar-refractivity contribution in [3.63, 3.8) is 0 Å². The van der Waals surface area contributed by atoms with Crippen LogP contribution in [0.1, 0.15) is 40.5 Å². The smallest absolute Gasteiger partial charge is 0.490 e.